The Kier molecular flexibility index (Phi) is 7.14. The number of rotatable bonds is 8. The van der Waals surface area contributed by atoms with Crippen molar-refractivity contribution in [3.05, 3.63) is 71.6 Å². The summed E-state index contributed by atoms with van der Waals surface area (Å²) in [5, 5.41) is 4.30. The molecule has 0 saturated heterocycles. The van der Waals surface area contributed by atoms with Gasteiger partial charge in [0.2, 0.25) is 0 Å². The molecule has 156 valence electrons. The van der Waals surface area contributed by atoms with Crippen molar-refractivity contribution in [2.45, 2.75) is 9.10 Å². The minimum Gasteiger partial charge on any atom is -0.452 e. The van der Waals surface area contributed by atoms with Gasteiger partial charge in [0.15, 0.2) is 6.61 Å². The van der Waals surface area contributed by atoms with E-state index in [1.54, 1.807) is 35.7 Å². The lowest BCUT2D eigenvalue weighted by Gasteiger charge is -2.12. The van der Waals surface area contributed by atoms with Gasteiger partial charge in [0.1, 0.15) is 4.21 Å². The molecule has 30 heavy (non-hydrogen) atoms. The maximum Gasteiger partial charge on any atom is 0.340 e. The monoisotopic (exact) mass is 462 g/mol. The summed E-state index contributed by atoms with van der Waals surface area (Å²) in [5.74, 6) is -1.31. The number of amides is 1. The second kappa shape index (κ2) is 9.79. The summed E-state index contributed by atoms with van der Waals surface area (Å²) in [4.78, 5) is 25.6. The molecule has 1 aromatic heterocycles. The number of thioether (sulfide) groups is 1. The number of para-hydroxylation sites is 1. The largest absolute Gasteiger partial charge is 0.452 e. The molecule has 3 aromatic rings. The van der Waals surface area contributed by atoms with Gasteiger partial charge < -0.3 is 10.1 Å². The lowest BCUT2D eigenvalue weighted by Crippen LogP contribution is -2.22. The van der Waals surface area contributed by atoms with Crippen molar-refractivity contribution in [3.8, 4) is 0 Å². The normalized spacial score (nSPS) is 11.0. The van der Waals surface area contributed by atoms with E-state index in [0.717, 1.165) is 16.2 Å². The first-order valence-corrected chi connectivity index (χ1v) is 12.2. The van der Waals surface area contributed by atoms with Crippen molar-refractivity contribution < 1.29 is 22.7 Å². The molecule has 0 unspecified atom stereocenters. The van der Waals surface area contributed by atoms with Gasteiger partial charge in [0.05, 0.1) is 11.3 Å². The first-order chi connectivity index (χ1) is 14.4. The van der Waals surface area contributed by atoms with Crippen LogP contribution in [0.15, 0.2) is 75.1 Å². The average molecular weight is 463 g/mol. The average Bonchev–Trinajstić information content (AvgIpc) is 3.28. The summed E-state index contributed by atoms with van der Waals surface area (Å²) in [6, 6.07) is 16.4. The summed E-state index contributed by atoms with van der Waals surface area (Å²) in [5.41, 5.74) is 0.672. The topological polar surface area (TPSA) is 102 Å². The fraction of sp³-hybridized carbons (Fsp3) is 0.100. The zero-order chi connectivity index (χ0) is 21.6. The molecule has 0 bridgehead atoms. The Balaban J connectivity index is 1.65. The van der Waals surface area contributed by atoms with Crippen molar-refractivity contribution >= 4 is 56.4 Å². The smallest absolute Gasteiger partial charge is 0.340 e. The van der Waals surface area contributed by atoms with Gasteiger partial charge in [-0.25, -0.2) is 13.2 Å². The van der Waals surface area contributed by atoms with Crippen LogP contribution in [0, 0.1) is 0 Å². The molecule has 2 N–H and O–H groups in total. The number of anilines is 2. The van der Waals surface area contributed by atoms with E-state index < -0.39 is 28.5 Å². The second-order valence-electron chi connectivity index (χ2n) is 5.94. The standard InChI is InChI=1S/C20H18N2O5S3/c1-28-15-7-4-6-14(12-15)21-18(23)13-27-20(24)16-8-2-3-9-17(16)22-30(25,26)19-10-5-11-29-19/h2-12,22H,13H2,1H3,(H,21,23). The van der Waals surface area contributed by atoms with Gasteiger partial charge in [0.25, 0.3) is 15.9 Å². The maximum absolute atomic E-state index is 12.5. The third kappa shape index (κ3) is 5.62. The van der Waals surface area contributed by atoms with Gasteiger partial charge in [-0.2, -0.15) is 0 Å². The summed E-state index contributed by atoms with van der Waals surface area (Å²) in [7, 11) is -3.83. The van der Waals surface area contributed by atoms with Crippen molar-refractivity contribution in [1.82, 2.24) is 0 Å². The predicted octanol–water partition coefficient (Wildman–Crippen LogP) is 4.07. The van der Waals surface area contributed by atoms with Crippen LogP contribution in [0.5, 0.6) is 0 Å². The summed E-state index contributed by atoms with van der Waals surface area (Å²) >= 11 is 2.60. The van der Waals surface area contributed by atoms with Crippen LogP contribution in [0.1, 0.15) is 10.4 Å². The van der Waals surface area contributed by atoms with Gasteiger partial charge >= 0.3 is 5.97 Å². The Morgan fingerprint density at radius 3 is 2.60 bits per heavy atom. The zero-order valence-electron chi connectivity index (χ0n) is 15.8. The number of hydrogen-bond donors (Lipinski definition) is 2. The first kappa shape index (κ1) is 21.9. The fourth-order valence-corrected chi connectivity index (χ4v) is 5.00. The molecule has 0 radical (unpaired) electrons. The molecule has 0 fully saturated rings. The van der Waals surface area contributed by atoms with Crippen molar-refractivity contribution in [2.24, 2.45) is 0 Å². The minimum absolute atomic E-state index is 0.00908. The van der Waals surface area contributed by atoms with E-state index in [1.165, 1.54) is 30.0 Å². The van der Waals surface area contributed by atoms with E-state index in [4.69, 9.17) is 4.74 Å². The Labute approximate surface area is 182 Å². The van der Waals surface area contributed by atoms with Crippen LogP contribution in [0.3, 0.4) is 0 Å². The molecular weight excluding hydrogens is 444 g/mol. The third-order valence-corrected chi connectivity index (χ3v) is 7.33. The van der Waals surface area contributed by atoms with Crippen LogP contribution in [0.4, 0.5) is 11.4 Å². The molecule has 0 saturated carbocycles. The Bertz CT molecular complexity index is 1140. The molecule has 0 aliphatic rings. The highest BCUT2D eigenvalue weighted by molar-refractivity contribution is 7.98. The van der Waals surface area contributed by atoms with Gasteiger partial charge in [-0.15, -0.1) is 23.1 Å². The molecular formula is C20H18N2O5S3. The van der Waals surface area contributed by atoms with Gasteiger partial charge in [0, 0.05) is 10.6 Å². The molecule has 1 amide bonds. The maximum atomic E-state index is 12.5. The number of carbonyl (C=O) groups is 2. The van der Waals surface area contributed by atoms with E-state index in [1.807, 2.05) is 18.4 Å². The van der Waals surface area contributed by atoms with Crippen LogP contribution in [-0.4, -0.2) is 33.2 Å². The number of thiophene rings is 1. The Morgan fingerprint density at radius 2 is 1.87 bits per heavy atom. The van der Waals surface area contributed by atoms with Gasteiger partial charge in [-0.3, -0.25) is 9.52 Å². The predicted molar refractivity (Wildman–Crippen MR) is 119 cm³/mol. The molecule has 0 atom stereocenters. The first-order valence-electron chi connectivity index (χ1n) is 8.65. The van der Waals surface area contributed by atoms with Crippen LogP contribution >= 0.6 is 23.1 Å². The van der Waals surface area contributed by atoms with E-state index >= 15 is 0 Å². The lowest BCUT2D eigenvalue weighted by atomic mass is 10.2. The van der Waals surface area contributed by atoms with E-state index in [9.17, 15) is 18.0 Å². The van der Waals surface area contributed by atoms with E-state index in [2.05, 4.69) is 10.0 Å². The number of ether oxygens (including phenoxy) is 1. The molecule has 0 spiro atoms. The lowest BCUT2D eigenvalue weighted by molar-refractivity contribution is -0.119. The molecule has 1 heterocycles. The highest BCUT2D eigenvalue weighted by Gasteiger charge is 2.20. The second-order valence-corrected chi connectivity index (χ2v) is 9.68. The summed E-state index contributed by atoms with van der Waals surface area (Å²) in [6.45, 7) is -0.506. The van der Waals surface area contributed by atoms with Gasteiger partial charge in [-0.05, 0) is 48.0 Å². The van der Waals surface area contributed by atoms with Gasteiger partial charge in [-0.1, -0.05) is 24.3 Å². The SMILES string of the molecule is CSc1cccc(NC(=O)COC(=O)c2ccccc2NS(=O)(=O)c2cccs2)c1. The van der Waals surface area contributed by atoms with Crippen LogP contribution < -0.4 is 10.0 Å². The number of nitrogens with one attached hydrogen (secondary N) is 2. The fourth-order valence-electron chi connectivity index (χ4n) is 2.47. The number of hydrogen-bond acceptors (Lipinski definition) is 7. The molecule has 3 rings (SSSR count). The third-order valence-electron chi connectivity index (χ3n) is 3.84. The van der Waals surface area contributed by atoms with E-state index in [0.29, 0.717) is 5.69 Å². The summed E-state index contributed by atoms with van der Waals surface area (Å²) in [6.07, 6.45) is 1.92. The Hall–Kier alpha value is -2.82. The summed E-state index contributed by atoms with van der Waals surface area (Å²) < 4.78 is 32.5. The molecule has 0 aliphatic carbocycles. The van der Waals surface area contributed by atoms with E-state index in [-0.39, 0.29) is 15.5 Å². The van der Waals surface area contributed by atoms with Crippen molar-refractivity contribution in [3.63, 3.8) is 0 Å². The molecule has 7 nitrogen and oxygen atoms in total. The van der Waals surface area contributed by atoms with Crippen LogP contribution in [0.2, 0.25) is 0 Å². The highest BCUT2D eigenvalue weighted by Crippen LogP contribution is 2.23. The zero-order valence-corrected chi connectivity index (χ0v) is 18.3. The molecule has 10 heteroatoms. The Morgan fingerprint density at radius 1 is 1.07 bits per heavy atom. The number of sulfonamides is 1. The molecule has 2 aromatic carbocycles. The number of benzene rings is 2. The van der Waals surface area contributed by atoms with Crippen LogP contribution in [-0.2, 0) is 19.6 Å². The number of carbonyl (C=O) groups excluding carboxylic acids is 2. The van der Waals surface area contributed by atoms with Crippen molar-refractivity contribution in [1.29, 1.82) is 0 Å². The highest BCUT2D eigenvalue weighted by atomic mass is 32.2. The minimum atomic E-state index is -3.83. The quantitative estimate of drug-likeness (QED) is 0.387. The number of esters is 1. The van der Waals surface area contributed by atoms with Crippen LogP contribution in [0.25, 0.3) is 0 Å². The molecule has 0 aliphatic heterocycles. The van der Waals surface area contributed by atoms with Crippen molar-refractivity contribution in [2.75, 3.05) is 22.9 Å².